The van der Waals surface area contributed by atoms with Crippen LogP contribution in [0.4, 0.5) is 0 Å². The number of amides is 1. The summed E-state index contributed by atoms with van der Waals surface area (Å²) in [4.78, 5) is 27.5. The van der Waals surface area contributed by atoms with E-state index < -0.39 is 6.04 Å². The molecule has 1 amide bonds. The summed E-state index contributed by atoms with van der Waals surface area (Å²) in [5, 5.41) is 16.6. The third kappa shape index (κ3) is 5.85. The van der Waals surface area contributed by atoms with E-state index in [0.29, 0.717) is 18.8 Å². The van der Waals surface area contributed by atoms with Crippen LogP contribution in [0, 0.1) is 5.92 Å². The van der Waals surface area contributed by atoms with E-state index in [1.807, 2.05) is 44.2 Å². The van der Waals surface area contributed by atoms with Gasteiger partial charge < -0.3 is 9.64 Å². The molecule has 0 aliphatic carbocycles. The Hall–Kier alpha value is -4.07. The summed E-state index contributed by atoms with van der Waals surface area (Å²) in [5.74, 6) is 0.0644. The fourth-order valence-electron chi connectivity index (χ4n) is 4.66. The minimum atomic E-state index is -0.630. The van der Waals surface area contributed by atoms with E-state index in [0.717, 1.165) is 45.9 Å². The number of ether oxygens (including phenoxy) is 1. The molecule has 4 rings (SSSR count). The molecule has 0 unspecified atom stereocenters. The summed E-state index contributed by atoms with van der Waals surface area (Å²) in [7, 11) is 1.37. The van der Waals surface area contributed by atoms with Crippen LogP contribution in [0.5, 0.6) is 0 Å². The van der Waals surface area contributed by atoms with E-state index in [4.69, 9.17) is 4.74 Å². The SMILES string of the molecule is CCCCC(=O)N(Cc1ccc2cc(-c3ccccc3-c3nn[nH]n3)ccc2c1)[C@H](C(=O)OC)C(C)C. The van der Waals surface area contributed by atoms with Gasteiger partial charge >= 0.3 is 5.97 Å². The first-order chi connectivity index (χ1) is 17.9. The second-order valence-electron chi connectivity index (χ2n) is 9.51. The summed E-state index contributed by atoms with van der Waals surface area (Å²) >= 11 is 0. The zero-order valence-corrected chi connectivity index (χ0v) is 21.8. The highest BCUT2D eigenvalue weighted by Gasteiger charge is 2.33. The summed E-state index contributed by atoms with van der Waals surface area (Å²) in [6, 6.07) is 19.8. The number of aromatic nitrogens is 4. The highest BCUT2D eigenvalue weighted by Crippen LogP contribution is 2.32. The highest BCUT2D eigenvalue weighted by atomic mass is 16.5. The molecule has 8 nitrogen and oxygen atoms in total. The van der Waals surface area contributed by atoms with Gasteiger partial charge in [-0.05, 0) is 57.1 Å². The first-order valence-corrected chi connectivity index (χ1v) is 12.7. The lowest BCUT2D eigenvalue weighted by Gasteiger charge is -2.32. The average Bonchev–Trinajstić information content (AvgIpc) is 3.45. The maximum atomic E-state index is 13.2. The molecule has 1 heterocycles. The number of aromatic amines is 1. The highest BCUT2D eigenvalue weighted by molar-refractivity contribution is 5.91. The van der Waals surface area contributed by atoms with E-state index in [1.54, 1.807) is 4.90 Å². The number of methoxy groups -OCH3 is 1. The number of carbonyl (C=O) groups excluding carboxylic acids is 2. The van der Waals surface area contributed by atoms with Gasteiger partial charge in [0.05, 0.1) is 7.11 Å². The molecule has 3 aromatic carbocycles. The fourth-order valence-corrected chi connectivity index (χ4v) is 4.66. The number of carbonyl (C=O) groups is 2. The van der Waals surface area contributed by atoms with Crippen LogP contribution in [-0.2, 0) is 20.9 Å². The van der Waals surface area contributed by atoms with Gasteiger partial charge in [-0.15, -0.1) is 10.2 Å². The van der Waals surface area contributed by atoms with Crippen molar-refractivity contribution in [2.75, 3.05) is 7.11 Å². The maximum Gasteiger partial charge on any atom is 0.328 e. The van der Waals surface area contributed by atoms with Crippen LogP contribution < -0.4 is 0 Å². The Morgan fingerprint density at radius 1 is 1.00 bits per heavy atom. The number of unbranched alkanes of at least 4 members (excludes halogenated alkanes) is 1. The number of nitrogens with one attached hydrogen (secondary N) is 1. The second-order valence-corrected chi connectivity index (χ2v) is 9.51. The van der Waals surface area contributed by atoms with Gasteiger partial charge in [-0.3, -0.25) is 4.79 Å². The standard InChI is InChI=1S/C29H33N5O3/c1-5-6-11-26(35)34(27(19(2)3)29(36)37-4)18-20-12-13-22-17-23(15-14-21(22)16-20)24-9-7-8-10-25(24)28-30-32-33-31-28/h7-10,12-17,19,27H,5-6,11,18H2,1-4H3,(H,30,31,32,33)/t27-/m0/s1. The number of H-pyrrole nitrogens is 1. The van der Waals surface area contributed by atoms with Gasteiger partial charge in [0, 0.05) is 18.5 Å². The number of rotatable bonds is 10. The van der Waals surface area contributed by atoms with Gasteiger partial charge in [0.2, 0.25) is 11.7 Å². The van der Waals surface area contributed by atoms with Crippen molar-refractivity contribution < 1.29 is 14.3 Å². The minimum Gasteiger partial charge on any atom is -0.467 e. The Morgan fingerprint density at radius 3 is 2.41 bits per heavy atom. The molecule has 8 heteroatoms. The number of fused-ring (bicyclic) bond motifs is 1. The van der Waals surface area contributed by atoms with Crippen molar-refractivity contribution in [3.63, 3.8) is 0 Å². The van der Waals surface area contributed by atoms with Gasteiger partial charge in [-0.25, -0.2) is 4.79 Å². The van der Waals surface area contributed by atoms with Crippen LogP contribution in [0.2, 0.25) is 0 Å². The molecule has 0 aliphatic rings. The topological polar surface area (TPSA) is 101 Å². The molecular formula is C29H33N5O3. The van der Waals surface area contributed by atoms with Crippen molar-refractivity contribution >= 4 is 22.6 Å². The monoisotopic (exact) mass is 499 g/mol. The molecule has 0 spiro atoms. The maximum absolute atomic E-state index is 13.2. The largest absolute Gasteiger partial charge is 0.467 e. The summed E-state index contributed by atoms with van der Waals surface area (Å²) in [6.45, 7) is 6.28. The van der Waals surface area contributed by atoms with Crippen molar-refractivity contribution in [2.24, 2.45) is 5.92 Å². The lowest BCUT2D eigenvalue weighted by atomic mass is 9.96. The van der Waals surface area contributed by atoms with E-state index in [-0.39, 0.29) is 17.8 Å². The zero-order valence-electron chi connectivity index (χ0n) is 21.8. The third-order valence-electron chi connectivity index (χ3n) is 6.56. The van der Waals surface area contributed by atoms with Gasteiger partial charge in [0.15, 0.2) is 0 Å². The third-order valence-corrected chi connectivity index (χ3v) is 6.56. The average molecular weight is 500 g/mol. The first kappa shape index (κ1) is 26.0. The van der Waals surface area contributed by atoms with Crippen molar-refractivity contribution in [3.05, 3.63) is 66.2 Å². The van der Waals surface area contributed by atoms with Gasteiger partial charge in [0.25, 0.3) is 0 Å². The Balaban J connectivity index is 1.66. The van der Waals surface area contributed by atoms with E-state index in [9.17, 15) is 9.59 Å². The van der Waals surface area contributed by atoms with E-state index >= 15 is 0 Å². The van der Waals surface area contributed by atoms with Crippen molar-refractivity contribution in [2.45, 2.75) is 52.6 Å². The van der Waals surface area contributed by atoms with Crippen LogP contribution in [0.15, 0.2) is 60.7 Å². The van der Waals surface area contributed by atoms with Crippen LogP contribution in [0.1, 0.15) is 45.6 Å². The predicted molar refractivity (Wildman–Crippen MR) is 143 cm³/mol. The van der Waals surface area contributed by atoms with Gasteiger partial charge in [0.1, 0.15) is 6.04 Å². The lowest BCUT2D eigenvalue weighted by Crippen LogP contribution is -2.48. The van der Waals surface area contributed by atoms with Gasteiger partial charge in [-0.2, -0.15) is 5.21 Å². The summed E-state index contributed by atoms with van der Waals surface area (Å²) in [5.41, 5.74) is 3.92. The molecule has 192 valence electrons. The van der Waals surface area contributed by atoms with E-state index in [1.165, 1.54) is 7.11 Å². The molecule has 0 saturated heterocycles. The minimum absolute atomic E-state index is 0.0283. The fraction of sp³-hybridized carbons (Fsp3) is 0.345. The summed E-state index contributed by atoms with van der Waals surface area (Å²) in [6.07, 6.45) is 2.11. The molecule has 0 fully saturated rings. The van der Waals surface area contributed by atoms with E-state index in [2.05, 4.69) is 57.9 Å². The van der Waals surface area contributed by atoms with Gasteiger partial charge in [-0.1, -0.05) is 75.7 Å². The van der Waals surface area contributed by atoms with Crippen molar-refractivity contribution in [1.82, 2.24) is 25.5 Å². The molecule has 0 radical (unpaired) electrons. The number of tetrazole rings is 1. The molecule has 37 heavy (non-hydrogen) atoms. The smallest absolute Gasteiger partial charge is 0.328 e. The zero-order chi connectivity index (χ0) is 26.4. The predicted octanol–water partition coefficient (Wildman–Crippen LogP) is 5.40. The van der Waals surface area contributed by atoms with Crippen molar-refractivity contribution in [3.8, 4) is 22.5 Å². The Bertz CT molecular complexity index is 1370. The summed E-state index contributed by atoms with van der Waals surface area (Å²) < 4.78 is 5.06. The van der Waals surface area contributed by atoms with Crippen LogP contribution >= 0.6 is 0 Å². The molecule has 4 aromatic rings. The lowest BCUT2D eigenvalue weighted by molar-refractivity contribution is -0.155. The Morgan fingerprint density at radius 2 is 1.73 bits per heavy atom. The number of benzene rings is 3. The second kappa shape index (κ2) is 11.8. The quantitative estimate of drug-likeness (QED) is 0.293. The first-order valence-electron chi connectivity index (χ1n) is 12.7. The molecule has 0 bridgehead atoms. The Labute approximate surface area is 217 Å². The van der Waals surface area contributed by atoms with Crippen molar-refractivity contribution in [1.29, 1.82) is 0 Å². The number of nitrogens with zero attached hydrogens (tertiary/aromatic N) is 4. The molecule has 0 saturated carbocycles. The molecule has 1 N–H and O–H groups in total. The van der Waals surface area contributed by atoms with Crippen LogP contribution in [0.3, 0.4) is 0 Å². The molecular weight excluding hydrogens is 466 g/mol. The molecule has 1 aromatic heterocycles. The number of hydrogen-bond acceptors (Lipinski definition) is 6. The molecule has 1 atom stereocenters. The molecule has 0 aliphatic heterocycles. The van der Waals surface area contributed by atoms with Crippen LogP contribution in [0.25, 0.3) is 33.3 Å². The van der Waals surface area contributed by atoms with Crippen LogP contribution in [-0.4, -0.2) is 50.6 Å². The Kier molecular flexibility index (Phi) is 8.28. The normalized spacial score (nSPS) is 12.0. The number of esters is 1. The number of hydrogen-bond donors (Lipinski definition) is 1.